The lowest BCUT2D eigenvalue weighted by Gasteiger charge is -2.20. The Bertz CT molecular complexity index is 534. The van der Waals surface area contributed by atoms with Gasteiger partial charge in [0.05, 0.1) is 6.04 Å². The first-order chi connectivity index (χ1) is 10.1. The van der Waals surface area contributed by atoms with E-state index in [0.29, 0.717) is 0 Å². The second-order valence-corrected chi connectivity index (χ2v) is 5.92. The fraction of sp³-hybridized carbons (Fsp3) is 0.500. The number of hydrogen-bond donors (Lipinski definition) is 2. The highest BCUT2D eigenvalue weighted by molar-refractivity contribution is 5.75. The molecule has 2 amide bonds. The highest BCUT2D eigenvalue weighted by Crippen LogP contribution is 2.24. The summed E-state index contributed by atoms with van der Waals surface area (Å²) in [7, 11) is 0. The van der Waals surface area contributed by atoms with Gasteiger partial charge in [0.15, 0.2) is 0 Å². The number of fused-ring (bicyclic) bond motifs is 1. The topological polar surface area (TPSA) is 41.1 Å². The molecule has 3 heteroatoms. The Balaban J connectivity index is 1.97. The van der Waals surface area contributed by atoms with Crippen molar-refractivity contribution in [2.75, 3.05) is 0 Å². The van der Waals surface area contributed by atoms with Gasteiger partial charge in [0.2, 0.25) is 0 Å². The van der Waals surface area contributed by atoms with Crippen LogP contribution in [0.1, 0.15) is 62.8 Å². The van der Waals surface area contributed by atoms with Crippen LogP contribution in [0, 0.1) is 0 Å². The average Bonchev–Trinajstić information content (AvgIpc) is 2.52. The summed E-state index contributed by atoms with van der Waals surface area (Å²) in [6, 6.07) is 6.50. The predicted octanol–water partition coefficient (Wildman–Crippen LogP) is 4.24. The standard InChI is InChI=1S/C18H26N2O/c1-4-13(2)12-19-18(21)20-14(3)16-10-9-15-7-5-6-8-17(15)11-16/h9-12,14H,4-8H2,1-3H3,(H2,19,20,21)/b13-12+. The van der Waals surface area contributed by atoms with Crippen molar-refractivity contribution in [2.24, 2.45) is 0 Å². The van der Waals surface area contributed by atoms with E-state index in [1.54, 1.807) is 6.20 Å². The number of hydrogen-bond acceptors (Lipinski definition) is 1. The Kier molecular flexibility index (Phi) is 5.43. The number of carbonyl (C=O) groups excluding carboxylic acids is 1. The van der Waals surface area contributed by atoms with Crippen LogP contribution in [0.3, 0.4) is 0 Å². The fourth-order valence-corrected chi connectivity index (χ4v) is 2.64. The molecule has 1 unspecified atom stereocenters. The van der Waals surface area contributed by atoms with Crippen molar-refractivity contribution < 1.29 is 4.79 Å². The lowest BCUT2D eigenvalue weighted by molar-refractivity contribution is 0.241. The summed E-state index contributed by atoms with van der Waals surface area (Å²) in [6.07, 6.45) is 7.65. The lowest BCUT2D eigenvalue weighted by atomic mass is 9.89. The van der Waals surface area contributed by atoms with Gasteiger partial charge in [0.25, 0.3) is 0 Å². The smallest absolute Gasteiger partial charge is 0.319 e. The second kappa shape index (κ2) is 7.30. The summed E-state index contributed by atoms with van der Waals surface area (Å²) in [6.45, 7) is 6.11. The van der Waals surface area contributed by atoms with Gasteiger partial charge in [-0.2, -0.15) is 0 Å². The average molecular weight is 286 g/mol. The van der Waals surface area contributed by atoms with E-state index in [9.17, 15) is 4.79 Å². The summed E-state index contributed by atoms with van der Waals surface area (Å²) in [5, 5.41) is 5.77. The van der Waals surface area contributed by atoms with Gasteiger partial charge in [0, 0.05) is 6.20 Å². The normalized spacial score (nSPS) is 16.0. The van der Waals surface area contributed by atoms with E-state index in [1.807, 2.05) is 13.8 Å². The maximum absolute atomic E-state index is 11.9. The fourth-order valence-electron chi connectivity index (χ4n) is 2.64. The highest BCUT2D eigenvalue weighted by Gasteiger charge is 2.13. The van der Waals surface area contributed by atoms with Gasteiger partial charge in [-0.3, -0.25) is 0 Å². The van der Waals surface area contributed by atoms with E-state index in [0.717, 1.165) is 12.0 Å². The molecule has 1 aliphatic carbocycles. The van der Waals surface area contributed by atoms with Crippen LogP contribution >= 0.6 is 0 Å². The first-order valence-corrected chi connectivity index (χ1v) is 7.94. The van der Waals surface area contributed by atoms with Crippen LogP contribution < -0.4 is 10.6 Å². The zero-order valence-corrected chi connectivity index (χ0v) is 13.3. The van der Waals surface area contributed by atoms with Gasteiger partial charge in [-0.15, -0.1) is 0 Å². The number of nitrogens with one attached hydrogen (secondary N) is 2. The second-order valence-electron chi connectivity index (χ2n) is 5.92. The van der Waals surface area contributed by atoms with E-state index in [2.05, 4.69) is 35.8 Å². The van der Waals surface area contributed by atoms with Crippen molar-refractivity contribution in [3.8, 4) is 0 Å². The van der Waals surface area contributed by atoms with E-state index in [-0.39, 0.29) is 12.1 Å². The van der Waals surface area contributed by atoms with Crippen LogP contribution in [0.5, 0.6) is 0 Å². The first-order valence-electron chi connectivity index (χ1n) is 7.94. The number of rotatable bonds is 4. The van der Waals surface area contributed by atoms with Crippen molar-refractivity contribution in [1.82, 2.24) is 10.6 Å². The number of allylic oxidation sites excluding steroid dienone is 1. The van der Waals surface area contributed by atoms with Crippen molar-refractivity contribution in [3.63, 3.8) is 0 Å². The molecular formula is C18H26N2O. The van der Waals surface area contributed by atoms with E-state index in [4.69, 9.17) is 0 Å². The predicted molar refractivity (Wildman–Crippen MR) is 87.2 cm³/mol. The number of amides is 2. The summed E-state index contributed by atoms with van der Waals surface area (Å²) in [5.74, 6) is 0. The monoisotopic (exact) mass is 286 g/mol. The van der Waals surface area contributed by atoms with Crippen LogP contribution in [0.4, 0.5) is 4.79 Å². The number of carbonyl (C=O) groups is 1. The van der Waals surface area contributed by atoms with Gasteiger partial charge < -0.3 is 10.6 Å². The van der Waals surface area contributed by atoms with E-state index < -0.39 is 0 Å². The SMILES string of the molecule is CC/C(C)=C/NC(=O)NC(C)c1ccc2c(c1)CCCC2. The molecule has 0 fully saturated rings. The molecule has 0 radical (unpaired) electrons. The van der Waals surface area contributed by atoms with Crippen molar-refractivity contribution >= 4 is 6.03 Å². The van der Waals surface area contributed by atoms with Gasteiger partial charge in [-0.25, -0.2) is 4.79 Å². The van der Waals surface area contributed by atoms with Crippen molar-refractivity contribution in [2.45, 2.75) is 58.9 Å². The van der Waals surface area contributed by atoms with Gasteiger partial charge in [-0.05, 0) is 62.6 Å². The minimum absolute atomic E-state index is 0.0209. The van der Waals surface area contributed by atoms with Crippen LogP contribution in [0.15, 0.2) is 30.0 Å². The highest BCUT2D eigenvalue weighted by atomic mass is 16.2. The molecule has 1 aliphatic rings. The molecule has 21 heavy (non-hydrogen) atoms. The molecular weight excluding hydrogens is 260 g/mol. The summed E-state index contributed by atoms with van der Waals surface area (Å²) in [4.78, 5) is 11.9. The molecule has 1 aromatic carbocycles. The molecule has 2 N–H and O–H groups in total. The van der Waals surface area contributed by atoms with Crippen LogP contribution in [-0.4, -0.2) is 6.03 Å². The molecule has 0 aliphatic heterocycles. The van der Waals surface area contributed by atoms with Gasteiger partial charge in [-0.1, -0.05) is 30.7 Å². The molecule has 0 aromatic heterocycles. The van der Waals surface area contributed by atoms with Gasteiger partial charge >= 0.3 is 6.03 Å². The minimum atomic E-state index is -0.145. The number of aryl methyl sites for hydroxylation is 2. The van der Waals surface area contributed by atoms with Crippen molar-refractivity contribution in [1.29, 1.82) is 0 Å². The zero-order valence-electron chi connectivity index (χ0n) is 13.3. The summed E-state index contributed by atoms with van der Waals surface area (Å²) >= 11 is 0. The third-order valence-electron chi connectivity index (χ3n) is 4.23. The largest absolute Gasteiger partial charge is 0.331 e. The number of urea groups is 1. The molecule has 0 heterocycles. The maximum Gasteiger partial charge on any atom is 0.319 e. The molecule has 0 saturated heterocycles. The molecule has 1 atom stereocenters. The summed E-state index contributed by atoms with van der Waals surface area (Å²) < 4.78 is 0. The summed E-state index contributed by atoms with van der Waals surface area (Å²) in [5.41, 5.74) is 5.27. The quantitative estimate of drug-likeness (QED) is 0.854. The van der Waals surface area contributed by atoms with Crippen LogP contribution in [0.2, 0.25) is 0 Å². The Morgan fingerprint density at radius 1 is 1.29 bits per heavy atom. The number of benzene rings is 1. The van der Waals surface area contributed by atoms with Crippen LogP contribution in [0.25, 0.3) is 0 Å². The lowest BCUT2D eigenvalue weighted by Crippen LogP contribution is -2.34. The van der Waals surface area contributed by atoms with Gasteiger partial charge in [0.1, 0.15) is 0 Å². The molecule has 3 nitrogen and oxygen atoms in total. The molecule has 0 bridgehead atoms. The molecule has 2 rings (SSSR count). The first kappa shape index (κ1) is 15.6. The van der Waals surface area contributed by atoms with Crippen LogP contribution in [-0.2, 0) is 12.8 Å². The third-order valence-corrected chi connectivity index (χ3v) is 4.23. The molecule has 0 saturated carbocycles. The Labute approximate surface area is 127 Å². The Hall–Kier alpha value is -1.77. The minimum Gasteiger partial charge on any atom is -0.331 e. The molecule has 114 valence electrons. The Morgan fingerprint density at radius 2 is 2.00 bits per heavy atom. The van der Waals surface area contributed by atoms with E-state index >= 15 is 0 Å². The zero-order chi connectivity index (χ0) is 15.2. The van der Waals surface area contributed by atoms with Crippen molar-refractivity contribution in [3.05, 3.63) is 46.7 Å². The maximum atomic E-state index is 11.9. The molecule has 0 spiro atoms. The Morgan fingerprint density at radius 3 is 2.71 bits per heavy atom. The van der Waals surface area contributed by atoms with E-state index in [1.165, 1.54) is 42.4 Å². The molecule has 1 aromatic rings. The third kappa shape index (κ3) is 4.35.